The lowest BCUT2D eigenvalue weighted by molar-refractivity contribution is 1.38. The third-order valence-electron chi connectivity index (χ3n) is 1.20. The van der Waals surface area contributed by atoms with Crippen molar-refractivity contribution >= 4 is 15.5 Å². The summed E-state index contributed by atoms with van der Waals surface area (Å²) in [6.45, 7) is 0. The maximum Gasteiger partial charge on any atom is -0.00508 e. The van der Waals surface area contributed by atoms with Gasteiger partial charge in [0.05, 0.1) is 0 Å². The fraction of sp³-hybridized carbons (Fsp3) is 0.125. The van der Waals surface area contributed by atoms with Gasteiger partial charge in [-0.15, -0.1) is 5.67 Å². The molecule has 9 heavy (non-hydrogen) atoms. The second-order valence-corrected chi connectivity index (χ2v) is 2.40. The normalized spacial score (nSPS) is 8.89. The van der Waals surface area contributed by atoms with Crippen LogP contribution in [0.2, 0.25) is 0 Å². The summed E-state index contributed by atoms with van der Waals surface area (Å²) in [5, 5.41) is 0. The Hall–Kier alpha value is -0.693. The van der Waals surface area contributed by atoms with Crippen LogP contribution in [-0.4, -0.2) is 15.5 Å². The van der Waals surface area contributed by atoms with E-state index in [-0.39, 0.29) is 0 Å². The van der Waals surface area contributed by atoms with Crippen LogP contribution in [0.5, 0.6) is 0 Å². The van der Waals surface area contributed by atoms with Crippen LogP contribution in [0.15, 0.2) is 30.3 Å². The monoisotopic (exact) mass is 133 g/mol. The van der Waals surface area contributed by atoms with Crippen molar-refractivity contribution in [2.24, 2.45) is 0 Å². The van der Waals surface area contributed by atoms with Gasteiger partial charge in [-0.25, -0.2) is 0 Å². The Labute approximate surface area is 58.6 Å². The highest BCUT2D eigenvalue weighted by atomic mass is 28.1. The van der Waals surface area contributed by atoms with Crippen LogP contribution in [0.1, 0.15) is 5.56 Å². The second kappa shape index (κ2) is 3.36. The van der Waals surface area contributed by atoms with Crippen molar-refractivity contribution < 1.29 is 0 Å². The lowest BCUT2D eigenvalue weighted by atomic mass is 10.2. The number of benzene rings is 1. The molecule has 0 unspecified atom stereocenters. The topological polar surface area (TPSA) is 0 Å². The van der Waals surface area contributed by atoms with Crippen molar-refractivity contribution in [2.75, 3.05) is 0 Å². The van der Waals surface area contributed by atoms with Crippen molar-refractivity contribution in [1.82, 2.24) is 0 Å². The summed E-state index contributed by atoms with van der Waals surface area (Å²) in [7, 11) is 2.60. The van der Waals surface area contributed by atoms with Gasteiger partial charge in [-0.05, 0) is 21.8 Å². The highest BCUT2D eigenvalue weighted by Gasteiger charge is 1.81. The van der Waals surface area contributed by atoms with E-state index in [1.807, 2.05) is 6.07 Å². The van der Waals surface area contributed by atoms with E-state index in [0.717, 1.165) is 6.42 Å². The predicted octanol–water partition coefficient (Wildman–Crippen LogP) is 0.932. The zero-order valence-electron chi connectivity index (χ0n) is 5.25. The van der Waals surface area contributed by atoms with Crippen molar-refractivity contribution in [2.45, 2.75) is 6.42 Å². The highest BCUT2D eigenvalue weighted by molar-refractivity contribution is 6.27. The Morgan fingerprint density at radius 2 is 1.89 bits per heavy atom. The first kappa shape index (κ1) is 6.43. The zero-order chi connectivity index (χ0) is 6.53. The van der Waals surface area contributed by atoms with Gasteiger partial charge in [0, 0.05) is 0 Å². The summed E-state index contributed by atoms with van der Waals surface area (Å²) in [5.41, 5.74) is 3.45. The van der Waals surface area contributed by atoms with E-state index in [9.17, 15) is 0 Å². The van der Waals surface area contributed by atoms with Crippen LogP contribution < -0.4 is 0 Å². The average Bonchev–Trinajstić information content (AvgIpc) is 1.91. The van der Waals surface area contributed by atoms with Crippen LogP contribution in [-0.2, 0) is 6.42 Å². The first-order chi connectivity index (χ1) is 4.43. The third-order valence-corrected chi connectivity index (χ3v) is 1.43. The molecule has 1 radical (unpaired) electrons. The molecule has 0 aromatic heterocycles. The molecule has 1 aromatic rings. The minimum absolute atomic E-state index is 1.05. The Bertz CT molecular complexity index is 179. The Balaban J connectivity index is 2.72. The zero-order valence-corrected chi connectivity index (χ0v) is 6.40. The first-order valence-corrected chi connectivity index (χ1v) is 3.67. The summed E-state index contributed by atoms with van der Waals surface area (Å²) in [6, 6.07) is 10.4. The molecule has 0 fully saturated rings. The number of hydrogen-bond acceptors (Lipinski definition) is 0. The van der Waals surface area contributed by atoms with Crippen molar-refractivity contribution in [1.29, 1.82) is 0 Å². The fourth-order valence-electron chi connectivity index (χ4n) is 0.750. The van der Waals surface area contributed by atoms with Crippen molar-refractivity contribution in [3.05, 3.63) is 35.9 Å². The smallest absolute Gasteiger partial charge is 0.00508 e. The lowest BCUT2D eigenvalue weighted by Crippen LogP contribution is -1.83. The molecule has 0 spiro atoms. The predicted molar refractivity (Wildman–Crippen MR) is 43.4 cm³/mol. The van der Waals surface area contributed by atoms with Crippen molar-refractivity contribution in [3.8, 4) is 0 Å². The molecule has 45 valence electrons. The van der Waals surface area contributed by atoms with Gasteiger partial charge in [-0.2, -0.15) is 0 Å². The van der Waals surface area contributed by atoms with Crippen LogP contribution in [0.4, 0.5) is 0 Å². The van der Waals surface area contributed by atoms with Crippen LogP contribution >= 0.6 is 0 Å². The minimum atomic E-state index is 1.05. The molecule has 0 nitrogen and oxygen atoms in total. The summed E-state index contributed by atoms with van der Waals surface area (Å²) < 4.78 is 0. The maximum atomic E-state index is 2.60. The van der Waals surface area contributed by atoms with Gasteiger partial charge >= 0.3 is 0 Å². The van der Waals surface area contributed by atoms with Gasteiger partial charge in [-0.1, -0.05) is 30.3 Å². The average molecular weight is 133 g/mol. The van der Waals surface area contributed by atoms with Gasteiger partial charge in [0.2, 0.25) is 0 Å². The van der Waals surface area contributed by atoms with Crippen LogP contribution in [0.25, 0.3) is 0 Å². The summed E-state index contributed by atoms with van der Waals surface area (Å²) >= 11 is 0. The molecule has 1 heteroatoms. The molecule has 0 heterocycles. The van der Waals surface area contributed by atoms with Gasteiger partial charge in [0.15, 0.2) is 0 Å². The largest absolute Gasteiger partial charge is 0.102 e. The molecule has 0 saturated heterocycles. The Morgan fingerprint density at radius 3 is 2.44 bits per heavy atom. The molecule has 0 saturated carbocycles. The Kier molecular flexibility index (Phi) is 2.40. The molecule has 1 aromatic carbocycles. The third kappa shape index (κ3) is 1.94. The standard InChI is InChI=1S/C8H9Si/c9-7-6-8-4-2-1-3-5-8/h1-5,7,9H,6H2. The quantitative estimate of drug-likeness (QED) is 0.527. The number of rotatable bonds is 2. The molecule has 0 amide bonds. The van der Waals surface area contributed by atoms with E-state index in [1.54, 1.807) is 0 Å². The molecular formula is C8H9Si. The van der Waals surface area contributed by atoms with Gasteiger partial charge < -0.3 is 0 Å². The van der Waals surface area contributed by atoms with E-state index in [4.69, 9.17) is 0 Å². The summed E-state index contributed by atoms with van der Waals surface area (Å²) in [5.74, 6) is 0. The lowest BCUT2D eigenvalue weighted by Gasteiger charge is -1.91. The molecule has 0 bridgehead atoms. The van der Waals surface area contributed by atoms with E-state index in [1.165, 1.54) is 5.56 Å². The summed E-state index contributed by atoms with van der Waals surface area (Å²) in [4.78, 5) is 0. The minimum Gasteiger partial charge on any atom is -0.102 e. The van der Waals surface area contributed by atoms with Gasteiger partial charge in [0.25, 0.3) is 0 Å². The molecule has 0 N–H and O–H groups in total. The Morgan fingerprint density at radius 1 is 1.22 bits per heavy atom. The van der Waals surface area contributed by atoms with Crippen molar-refractivity contribution in [3.63, 3.8) is 0 Å². The second-order valence-electron chi connectivity index (χ2n) is 1.93. The molecule has 0 aliphatic heterocycles. The maximum absolute atomic E-state index is 2.60. The number of hydrogen-bond donors (Lipinski definition) is 0. The molecule has 0 atom stereocenters. The van der Waals surface area contributed by atoms with Crippen LogP contribution in [0.3, 0.4) is 0 Å². The van der Waals surface area contributed by atoms with E-state index in [2.05, 4.69) is 39.8 Å². The molecule has 1 rings (SSSR count). The molecular weight excluding hydrogens is 124 g/mol. The molecule has 0 aliphatic rings. The summed E-state index contributed by atoms with van der Waals surface area (Å²) in [6.07, 6.45) is 1.05. The van der Waals surface area contributed by atoms with E-state index in [0.29, 0.717) is 0 Å². The van der Waals surface area contributed by atoms with E-state index >= 15 is 0 Å². The van der Waals surface area contributed by atoms with Crippen LogP contribution in [0, 0.1) is 0 Å². The first-order valence-electron chi connectivity index (χ1n) is 3.01. The molecule has 0 aliphatic carbocycles. The fourth-order valence-corrected chi connectivity index (χ4v) is 1.02. The van der Waals surface area contributed by atoms with E-state index < -0.39 is 0 Å². The highest BCUT2D eigenvalue weighted by Crippen LogP contribution is 1.96. The van der Waals surface area contributed by atoms with Gasteiger partial charge in [0.1, 0.15) is 0 Å². The van der Waals surface area contributed by atoms with Gasteiger partial charge in [-0.3, -0.25) is 0 Å². The SMILES string of the molecule is [SiH]=CCc1ccccc1.